The second-order valence-electron chi connectivity index (χ2n) is 4.72. The third kappa shape index (κ3) is 2.98. The average molecular weight is 321 g/mol. The van der Waals surface area contributed by atoms with Crippen LogP contribution < -0.4 is 5.32 Å². The van der Waals surface area contributed by atoms with Crippen LogP contribution in [-0.2, 0) is 13.1 Å². The molecule has 2 heterocycles. The fourth-order valence-corrected chi connectivity index (χ4v) is 2.79. The largest absolute Gasteiger partial charge is 0.383 e. The summed E-state index contributed by atoms with van der Waals surface area (Å²) in [5.41, 5.74) is 1.15. The van der Waals surface area contributed by atoms with Gasteiger partial charge in [0, 0.05) is 48.7 Å². The second kappa shape index (κ2) is 5.75. The maximum atomic E-state index is 4.38. The number of hydrogen-bond acceptors (Lipinski definition) is 3. The van der Waals surface area contributed by atoms with Gasteiger partial charge >= 0.3 is 0 Å². The highest BCUT2D eigenvalue weighted by Crippen LogP contribution is 2.20. The summed E-state index contributed by atoms with van der Waals surface area (Å²) < 4.78 is 3.35. The summed E-state index contributed by atoms with van der Waals surface area (Å²) in [6.45, 7) is 5.08. The third-order valence-corrected chi connectivity index (χ3v) is 4.13. The van der Waals surface area contributed by atoms with Crippen molar-refractivity contribution in [3.63, 3.8) is 0 Å². The molecule has 0 unspecified atom stereocenters. The third-order valence-electron chi connectivity index (χ3n) is 3.44. The van der Waals surface area contributed by atoms with Crippen molar-refractivity contribution in [3.05, 3.63) is 47.0 Å². The first-order valence-corrected chi connectivity index (χ1v) is 7.33. The highest BCUT2D eigenvalue weighted by atomic mass is 79.9. The zero-order valence-electron chi connectivity index (χ0n) is 10.7. The number of anilines is 1. The topological polar surface area (TPSA) is 33.1 Å². The quantitative estimate of drug-likeness (QED) is 0.940. The van der Waals surface area contributed by atoms with Gasteiger partial charge in [-0.05, 0) is 28.1 Å². The molecule has 5 heteroatoms. The van der Waals surface area contributed by atoms with Gasteiger partial charge < -0.3 is 9.88 Å². The Hall–Kier alpha value is -1.33. The van der Waals surface area contributed by atoms with Crippen LogP contribution in [0.15, 0.2) is 41.1 Å². The minimum atomic E-state index is 0.948. The number of imidazole rings is 1. The van der Waals surface area contributed by atoms with Crippen LogP contribution in [0.25, 0.3) is 0 Å². The van der Waals surface area contributed by atoms with Gasteiger partial charge in [-0.3, -0.25) is 4.90 Å². The minimum Gasteiger partial charge on any atom is -0.383 e. The number of nitrogens with zero attached hydrogens (tertiary/aromatic N) is 3. The molecule has 1 N–H and O–H groups in total. The van der Waals surface area contributed by atoms with E-state index in [0.29, 0.717) is 0 Å². The highest BCUT2D eigenvalue weighted by molar-refractivity contribution is 9.10. The van der Waals surface area contributed by atoms with Crippen molar-refractivity contribution in [1.82, 2.24) is 14.5 Å². The lowest BCUT2D eigenvalue weighted by atomic mass is 10.3. The predicted molar refractivity (Wildman–Crippen MR) is 80.1 cm³/mol. The summed E-state index contributed by atoms with van der Waals surface area (Å²) in [5, 5.41) is 3.46. The maximum absolute atomic E-state index is 4.38. The number of para-hydroxylation sites is 1. The van der Waals surface area contributed by atoms with Gasteiger partial charge in [-0.25, -0.2) is 4.98 Å². The molecule has 0 bridgehead atoms. The van der Waals surface area contributed by atoms with E-state index in [1.807, 2.05) is 18.3 Å². The summed E-state index contributed by atoms with van der Waals surface area (Å²) in [5.74, 6) is 1.17. The predicted octanol–water partition coefficient (Wildman–Crippen LogP) is 2.57. The summed E-state index contributed by atoms with van der Waals surface area (Å²) in [7, 11) is 0. The number of nitrogens with one attached hydrogen (secondary N) is 1. The van der Waals surface area contributed by atoms with E-state index < -0.39 is 0 Å². The Labute approximate surface area is 121 Å². The standard InChI is InChI=1S/C14H17BrN4/c15-12-3-1-2-4-13(12)16-5-7-18-9-10-19-8-6-17-14(19)11-18/h1-4,6,8,16H,5,7,9-11H2. The van der Waals surface area contributed by atoms with Gasteiger partial charge in [0.15, 0.2) is 0 Å². The molecular weight excluding hydrogens is 304 g/mol. The molecule has 4 nitrogen and oxygen atoms in total. The van der Waals surface area contributed by atoms with Gasteiger partial charge in [0.1, 0.15) is 5.82 Å². The Kier molecular flexibility index (Phi) is 3.84. The van der Waals surface area contributed by atoms with Gasteiger partial charge in [0.25, 0.3) is 0 Å². The first-order valence-electron chi connectivity index (χ1n) is 6.54. The number of rotatable bonds is 4. The molecule has 2 aromatic rings. The van der Waals surface area contributed by atoms with Crippen LogP contribution in [0.3, 0.4) is 0 Å². The molecule has 0 fully saturated rings. The van der Waals surface area contributed by atoms with E-state index in [9.17, 15) is 0 Å². The van der Waals surface area contributed by atoms with Crippen molar-refractivity contribution < 1.29 is 0 Å². The number of hydrogen-bond donors (Lipinski definition) is 1. The SMILES string of the molecule is Brc1ccccc1NCCN1CCn2ccnc2C1. The van der Waals surface area contributed by atoms with Crippen LogP contribution >= 0.6 is 15.9 Å². The molecule has 1 aliphatic rings. The number of aromatic nitrogens is 2. The Morgan fingerprint density at radius 1 is 1.26 bits per heavy atom. The van der Waals surface area contributed by atoms with Crippen LogP contribution in [0.2, 0.25) is 0 Å². The molecule has 0 amide bonds. The molecule has 0 spiro atoms. The van der Waals surface area contributed by atoms with Crippen LogP contribution in [-0.4, -0.2) is 34.1 Å². The van der Waals surface area contributed by atoms with E-state index in [1.54, 1.807) is 0 Å². The molecule has 1 aliphatic heterocycles. The lowest BCUT2D eigenvalue weighted by molar-refractivity contribution is 0.225. The molecule has 3 rings (SSSR count). The zero-order valence-corrected chi connectivity index (χ0v) is 12.3. The van der Waals surface area contributed by atoms with Crippen LogP contribution in [0, 0.1) is 0 Å². The van der Waals surface area contributed by atoms with Crippen molar-refractivity contribution in [2.24, 2.45) is 0 Å². The zero-order chi connectivity index (χ0) is 13.1. The van der Waals surface area contributed by atoms with Gasteiger partial charge in [0.2, 0.25) is 0 Å². The minimum absolute atomic E-state index is 0.948. The molecular formula is C14H17BrN4. The summed E-state index contributed by atoms with van der Waals surface area (Å²) in [4.78, 5) is 6.82. The van der Waals surface area contributed by atoms with E-state index in [1.165, 1.54) is 5.82 Å². The Balaban J connectivity index is 1.50. The van der Waals surface area contributed by atoms with Crippen molar-refractivity contribution >= 4 is 21.6 Å². The van der Waals surface area contributed by atoms with Gasteiger partial charge in [0.05, 0.1) is 6.54 Å². The van der Waals surface area contributed by atoms with Crippen LogP contribution in [0.5, 0.6) is 0 Å². The molecule has 1 aromatic heterocycles. The van der Waals surface area contributed by atoms with E-state index in [2.05, 4.69) is 54.0 Å². The second-order valence-corrected chi connectivity index (χ2v) is 5.57. The molecule has 0 aliphatic carbocycles. The molecule has 0 saturated carbocycles. The number of halogens is 1. The molecule has 0 saturated heterocycles. The lowest BCUT2D eigenvalue weighted by Gasteiger charge is -2.27. The fourth-order valence-electron chi connectivity index (χ4n) is 2.37. The first-order chi connectivity index (χ1) is 9.33. The smallest absolute Gasteiger partial charge is 0.122 e. The average Bonchev–Trinajstić information content (AvgIpc) is 2.88. The van der Waals surface area contributed by atoms with E-state index in [0.717, 1.165) is 42.9 Å². The molecule has 100 valence electrons. The van der Waals surface area contributed by atoms with Gasteiger partial charge in [-0.1, -0.05) is 12.1 Å². The lowest BCUT2D eigenvalue weighted by Crippen LogP contribution is -2.36. The van der Waals surface area contributed by atoms with Gasteiger partial charge in [-0.2, -0.15) is 0 Å². The summed E-state index contributed by atoms with van der Waals surface area (Å²) in [6, 6.07) is 8.22. The maximum Gasteiger partial charge on any atom is 0.122 e. The summed E-state index contributed by atoms with van der Waals surface area (Å²) in [6.07, 6.45) is 3.95. The van der Waals surface area contributed by atoms with Gasteiger partial charge in [-0.15, -0.1) is 0 Å². The molecule has 0 atom stereocenters. The molecule has 19 heavy (non-hydrogen) atoms. The van der Waals surface area contributed by atoms with Crippen molar-refractivity contribution in [1.29, 1.82) is 0 Å². The first kappa shape index (κ1) is 12.7. The Morgan fingerprint density at radius 3 is 3.05 bits per heavy atom. The molecule has 0 radical (unpaired) electrons. The van der Waals surface area contributed by atoms with E-state index in [-0.39, 0.29) is 0 Å². The van der Waals surface area contributed by atoms with E-state index in [4.69, 9.17) is 0 Å². The monoisotopic (exact) mass is 320 g/mol. The number of benzene rings is 1. The summed E-state index contributed by atoms with van der Waals surface area (Å²) >= 11 is 3.55. The number of fused-ring (bicyclic) bond motifs is 1. The van der Waals surface area contributed by atoms with Crippen molar-refractivity contribution in [2.45, 2.75) is 13.1 Å². The van der Waals surface area contributed by atoms with Crippen LogP contribution in [0.1, 0.15) is 5.82 Å². The van der Waals surface area contributed by atoms with Crippen molar-refractivity contribution in [2.75, 3.05) is 25.0 Å². The van der Waals surface area contributed by atoms with E-state index >= 15 is 0 Å². The fraction of sp³-hybridized carbons (Fsp3) is 0.357. The highest BCUT2D eigenvalue weighted by Gasteiger charge is 2.15. The normalized spacial score (nSPS) is 15.2. The Morgan fingerprint density at radius 2 is 2.16 bits per heavy atom. The Bertz CT molecular complexity index is 552. The van der Waals surface area contributed by atoms with Crippen molar-refractivity contribution in [3.8, 4) is 0 Å². The molecule has 1 aromatic carbocycles. The van der Waals surface area contributed by atoms with Crippen LogP contribution in [0.4, 0.5) is 5.69 Å².